The monoisotopic (exact) mass is 624 g/mol. The van der Waals surface area contributed by atoms with E-state index in [0.29, 0.717) is 66.9 Å². The Bertz CT molecular complexity index is 2090. The summed E-state index contributed by atoms with van der Waals surface area (Å²) in [4.78, 5) is 11.1. The van der Waals surface area contributed by atoms with Crippen molar-refractivity contribution in [2.24, 2.45) is 0 Å². The van der Waals surface area contributed by atoms with Gasteiger partial charge in [0.05, 0.1) is 53.6 Å². The zero-order chi connectivity index (χ0) is 33.6. The highest BCUT2D eigenvalue weighted by molar-refractivity contribution is 6.89. The summed E-state index contributed by atoms with van der Waals surface area (Å²) in [5, 5.41) is 32.9. The fraction of sp³-hybridized carbons (Fsp3) is 0.158. The van der Waals surface area contributed by atoms with E-state index in [0.717, 1.165) is 10.4 Å². The van der Waals surface area contributed by atoms with Gasteiger partial charge in [-0.3, -0.25) is 0 Å². The summed E-state index contributed by atoms with van der Waals surface area (Å²) in [5.74, 6) is 0. The maximum atomic E-state index is 10.5. The number of hydrogen-bond acceptors (Lipinski definition) is 3. The first-order valence-corrected chi connectivity index (χ1v) is 21.6. The predicted molar refractivity (Wildman–Crippen MR) is 189 cm³/mol. The topological polar surface area (TPSA) is 84.4 Å². The molecular weight excluding hydrogens is 597 g/mol. The second-order valence-electron chi connectivity index (χ2n) is 13.2. The minimum absolute atomic E-state index is 0.106. The van der Waals surface area contributed by atoms with Gasteiger partial charge in [0, 0.05) is 5.57 Å². The molecule has 0 aromatic heterocycles. The lowest BCUT2D eigenvalue weighted by Gasteiger charge is -2.18. The summed E-state index contributed by atoms with van der Waals surface area (Å²) < 4.78 is 0. The normalized spacial score (nSPS) is 15.8. The van der Waals surface area contributed by atoms with E-state index in [1.165, 1.54) is 0 Å². The van der Waals surface area contributed by atoms with Gasteiger partial charge in [-0.05, 0) is 56.2 Å². The van der Waals surface area contributed by atoms with Crippen LogP contribution in [0.3, 0.4) is 0 Å². The van der Waals surface area contributed by atoms with Crippen LogP contribution < -0.4 is 10.4 Å². The average molecular weight is 625 g/mol. The lowest BCUT2D eigenvalue weighted by atomic mass is 9.90. The summed E-state index contributed by atoms with van der Waals surface area (Å²) in [6, 6.07) is 25.7. The van der Waals surface area contributed by atoms with Crippen LogP contribution in [-0.4, -0.2) is 16.1 Å². The molecule has 0 amide bonds. The van der Waals surface area contributed by atoms with Gasteiger partial charge in [0.25, 0.3) is 11.4 Å². The molecule has 218 valence electrons. The second-order valence-corrected chi connectivity index (χ2v) is 23.3. The van der Waals surface area contributed by atoms with Gasteiger partial charge in [0.1, 0.15) is 6.07 Å². The van der Waals surface area contributed by atoms with Crippen LogP contribution in [0.25, 0.3) is 48.1 Å². The molecule has 6 nitrogen and oxygen atoms in total. The molecule has 0 N–H and O–H groups in total. The molecular formula is C38H28N6Si2. The van der Waals surface area contributed by atoms with Crippen LogP contribution >= 0.6 is 0 Å². The molecule has 0 unspecified atom stereocenters. The van der Waals surface area contributed by atoms with Crippen molar-refractivity contribution in [3.8, 4) is 18.2 Å². The summed E-state index contributed by atoms with van der Waals surface area (Å²) in [6.45, 7) is 37.2. The van der Waals surface area contributed by atoms with E-state index in [2.05, 4.69) is 59.9 Å². The highest BCUT2D eigenvalue weighted by Gasteiger charge is 2.34. The van der Waals surface area contributed by atoms with Crippen molar-refractivity contribution in [1.29, 1.82) is 15.8 Å². The van der Waals surface area contributed by atoms with Crippen molar-refractivity contribution in [3.05, 3.63) is 140 Å². The molecule has 46 heavy (non-hydrogen) atoms. The van der Waals surface area contributed by atoms with Crippen molar-refractivity contribution in [2.45, 2.75) is 39.3 Å². The fourth-order valence-corrected chi connectivity index (χ4v) is 8.36. The molecule has 0 saturated carbocycles. The van der Waals surface area contributed by atoms with Gasteiger partial charge in [0.15, 0.2) is 0 Å². The van der Waals surface area contributed by atoms with E-state index < -0.39 is 16.1 Å². The maximum absolute atomic E-state index is 10.5. The average Bonchev–Trinajstić information content (AvgIpc) is 3.53. The minimum Gasteiger partial charge on any atom is -0.237 e. The molecule has 2 aliphatic rings. The molecule has 0 bridgehead atoms. The van der Waals surface area contributed by atoms with Gasteiger partial charge >= 0.3 is 0 Å². The Morgan fingerprint density at radius 3 is 1.54 bits per heavy atom. The Hall–Kier alpha value is -6.01. The molecule has 3 aromatic rings. The van der Waals surface area contributed by atoms with Crippen molar-refractivity contribution in [1.82, 2.24) is 0 Å². The zero-order valence-corrected chi connectivity index (χ0v) is 28.5. The van der Waals surface area contributed by atoms with Crippen LogP contribution in [0, 0.1) is 53.7 Å². The Morgan fingerprint density at radius 2 is 1.09 bits per heavy atom. The van der Waals surface area contributed by atoms with E-state index >= 15 is 0 Å². The zero-order valence-electron chi connectivity index (χ0n) is 26.5. The Morgan fingerprint density at radius 1 is 0.609 bits per heavy atom. The lowest BCUT2D eigenvalue weighted by Crippen LogP contribution is -2.37. The highest BCUT2D eigenvalue weighted by Crippen LogP contribution is 2.51. The SMILES string of the molecule is [C-]#[N+]C(C#N)=C1C(c2cccc(C3=C(C#N)c4cc([Si](C)(C)C)ccc4/C3=C(/C#N)[N+]#[C-])c2)=C([N+]#[C-])c2cc([Si](C)(C)C)ccc21. The summed E-state index contributed by atoms with van der Waals surface area (Å²) in [5.41, 5.74) is 6.25. The molecule has 5 rings (SSSR count). The third-order valence-electron chi connectivity index (χ3n) is 8.39. The molecule has 0 radical (unpaired) electrons. The standard InChI is InChI=1S/C38H28N6Si2/c1-42-32(21-40)36-27-15-13-25(45(4,5)6)18-29(27)31(20-39)34(36)23-11-10-12-24(17-23)35-37(33(22-41)43-2)28-16-14-26(46(7,8)9)19-30(28)38(35)44-3/h10-19H,4-9H3/b36-32+,37-33?. The molecule has 0 aliphatic heterocycles. The van der Waals surface area contributed by atoms with Gasteiger partial charge in [-0.25, -0.2) is 25.1 Å². The molecule has 2 aliphatic carbocycles. The van der Waals surface area contributed by atoms with Crippen molar-refractivity contribution in [3.63, 3.8) is 0 Å². The van der Waals surface area contributed by atoms with E-state index in [1.54, 1.807) is 6.07 Å². The van der Waals surface area contributed by atoms with E-state index in [4.69, 9.17) is 19.7 Å². The van der Waals surface area contributed by atoms with Gasteiger partial charge in [-0.2, -0.15) is 5.26 Å². The smallest absolute Gasteiger partial charge is 0.237 e. The van der Waals surface area contributed by atoms with Gasteiger partial charge in [-0.15, -0.1) is 0 Å². The molecule has 0 heterocycles. The number of rotatable bonds is 4. The minimum atomic E-state index is -1.76. The van der Waals surface area contributed by atoms with Gasteiger partial charge in [0.2, 0.25) is 5.70 Å². The first-order valence-electron chi connectivity index (χ1n) is 14.6. The number of allylic oxidation sites excluding steroid dienone is 7. The second kappa shape index (κ2) is 11.5. The fourth-order valence-electron chi connectivity index (χ4n) is 6.04. The van der Waals surface area contributed by atoms with Gasteiger partial charge in [-0.1, -0.05) is 104 Å². The Kier molecular flexibility index (Phi) is 7.85. The largest absolute Gasteiger partial charge is 0.270 e. The Labute approximate surface area is 272 Å². The van der Waals surface area contributed by atoms with Crippen LogP contribution in [0.1, 0.15) is 33.4 Å². The third kappa shape index (κ3) is 5.00. The lowest BCUT2D eigenvalue weighted by molar-refractivity contribution is 1.49. The van der Waals surface area contributed by atoms with Crippen LogP contribution in [0.5, 0.6) is 0 Å². The van der Waals surface area contributed by atoms with Crippen LogP contribution in [0.15, 0.2) is 72.1 Å². The van der Waals surface area contributed by atoms with Crippen LogP contribution in [0.4, 0.5) is 0 Å². The van der Waals surface area contributed by atoms with Crippen molar-refractivity contribution < 1.29 is 0 Å². The highest BCUT2D eigenvalue weighted by atomic mass is 28.3. The molecule has 0 spiro atoms. The first kappa shape index (κ1) is 31.4. The number of hydrogen-bond donors (Lipinski definition) is 0. The summed E-state index contributed by atoms with van der Waals surface area (Å²) in [6.07, 6.45) is 0. The number of fused-ring (bicyclic) bond motifs is 2. The molecule has 0 atom stereocenters. The number of nitrogens with zero attached hydrogens (tertiary/aromatic N) is 6. The number of benzene rings is 3. The van der Waals surface area contributed by atoms with E-state index in [1.807, 2.05) is 66.7 Å². The van der Waals surface area contributed by atoms with Crippen molar-refractivity contribution in [2.75, 3.05) is 0 Å². The first-order chi connectivity index (χ1) is 21.8. The predicted octanol–water partition coefficient (Wildman–Crippen LogP) is 8.33. The Balaban J connectivity index is 1.84. The molecule has 3 aromatic carbocycles. The molecule has 8 heteroatoms. The summed E-state index contributed by atoms with van der Waals surface area (Å²) >= 11 is 0. The molecule has 0 fully saturated rings. The van der Waals surface area contributed by atoms with E-state index in [9.17, 15) is 15.8 Å². The maximum Gasteiger partial charge on any atom is 0.270 e. The van der Waals surface area contributed by atoms with Crippen LogP contribution in [0.2, 0.25) is 39.3 Å². The van der Waals surface area contributed by atoms with Crippen molar-refractivity contribution >= 4 is 60.1 Å². The third-order valence-corrected chi connectivity index (χ3v) is 12.5. The van der Waals surface area contributed by atoms with Gasteiger partial charge < -0.3 is 0 Å². The molecule has 0 saturated heterocycles. The quantitative estimate of drug-likeness (QED) is 0.166. The van der Waals surface area contributed by atoms with Crippen LogP contribution in [-0.2, 0) is 0 Å². The van der Waals surface area contributed by atoms with E-state index in [-0.39, 0.29) is 11.4 Å². The number of nitriles is 3. The summed E-state index contributed by atoms with van der Waals surface area (Å²) in [7, 11) is -3.51.